The van der Waals surface area contributed by atoms with E-state index in [9.17, 15) is 17.9 Å². The monoisotopic (exact) mass is 514 g/mol. The van der Waals surface area contributed by atoms with Gasteiger partial charge in [-0.25, -0.2) is 22.5 Å². The summed E-state index contributed by atoms with van der Waals surface area (Å²) in [6.07, 6.45) is 2.64. The molecule has 0 unspecified atom stereocenters. The van der Waals surface area contributed by atoms with Crippen LogP contribution in [0.5, 0.6) is 5.75 Å². The van der Waals surface area contributed by atoms with E-state index in [0.29, 0.717) is 53.8 Å². The first-order valence-corrected chi connectivity index (χ1v) is 13.1. The highest BCUT2D eigenvalue weighted by molar-refractivity contribution is 7.97. The van der Waals surface area contributed by atoms with Crippen molar-refractivity contribution in [1.29, 1.82) is 0 Å². The average Bonchev–Trinajstić information content (AvgIpc) is 2.84. The number of aromatic hydroxyl groups is 1. The van der Waals surface area contributed by atoms with Gasteiger partial charge < -0.3 is 15.7 Å². The van der Waals surface area contributed by atoms with Crippen molar-refractivity contribution < 1.29 is 17.9 Å². The maximum absolute atomic E-state index is 13.8. The number of aromatic nitrogens is 2. The average molecular weight is 515 g/mol. The Morgan fingerprint density at radius 2 is 2.06 bits per heavy atom. The molecule has 0 saturated carbocycles. The summed E-state index contributed by atoms with van der Waals surface area (Å²) >= 11 is 1.09. The van der Waals surface area contributed by atoms with Gasteiger partial charge in [-0.3, -0.25) is 4.72 Å². The Balaban J connectivity index is 1.43. The van der Waals surface area contributed by atoms with E-state index < -0.39 is 15.8 Å². The van der Waals surface area contributed by atoms with Crippen molar-refractivity contribution in [2.75, 3.05) is 30.3 Å². The lowest BCUT2D eigenvalue weighted by Crippen LogP contribution is -2.26. The topological polar surface area (TPSA) is 128 Å². The Morgan fingerprint density at radius 3 is 2.94 bits per heavy atom. The molecule has 0 atom stereocenters. The van der Waals surface area contributed by atoms with Crippen molar-refractivity contribution in [3.8, 4) is 17.6 Å². The summed E-state index contributed by atoms with van der Waals surface area (Å²) in [5.74, 6) is 5.89. The molecule has 3 aromatic rings. The number of anilines is 3. The molecule has 12 heteroatoms. The van der Waals surface area contributed by atoms with Crippen molar-refractivity contribution in [3.05, 3.63) is 60.0 Å². The molecule has 182 valence electrons. The lowest BCUT2D eigenvalue weighted by molar-refractivity contribution is 0.424. The number of halogens is 1. The number of phenols is 1. The molecular formula is C23H23FN6O3S2. The number of fused-ring (bicyclic) bond motifs is 4. The largest absolute Gasteiger partial charge is 0.505 e. The standard InChI is InChI=1S/C23H23FN6O3S2/c24-21-19(31)9-4-10-20(21)34-27-12-2-1-6-16-15-26-23-29-17-7-3-8-18(14-17)35(32,33)28-13-5-11-25-22(16)30-23/h3-4,7-10,14-15,27-28,31H,2,5,11-13H2,(H2,25,26,29,30). The van der Waals surface area contributed by atoms with Crippen LogP contribution in [-0.2, 0) is 10.0 Å². The third-order valence-electron chi connectivity index (χ3n) is 4.83. The van der Waals surface area contributed by atoms with Gasteiger partial charge in [0.1, 0.15) is 5.82 Å². The van der Waals surface area contributed by atoms with Crippen LogP contribution in [0.1, 0.15) is 18.4 Å². The zero-order chi connectivity index (χ0) is 24.7. The molecule has 9 nitrogen and oxygen atoms in total. The van der Waals surface area contributed by atoms with Crippen molar-refractivity contribution >= 4 is 39.4 Å². The summed E-state index contributed by atoms with van der Waals surface area (Å²) in [6.45, 7) is 1.25. The molecule has 2 aromatic carbocycles. The first kappa shape index (κ1) is 24.7. The summed E-state index contributed by atoms with van der Waals surface area (Å²) in [6, 6.07) is 10.9. The van der Waals surface area contributed by atoms with Gasteiger partial charge in [-0.15, -0.1) is 0 Å². The fraction of sp³-hybridized carbons (Fsp3) is 0.217. The zero-order valence-electron chi connectivity index (χ0n) is 18.5. The molecular weight excluding hydrogens is 491 g/mol. The molecule has 1 aromatic heterocycles. The van der Waals surface area contributed by atoms with E-state index in [1.165, 1.54) is 18.2 Å². The predicted octanol–water partition coefficient (Wildman–Crippen LogP) is 3.20. The van der Waals surface area contributed by atoms with Crippen LogP contribution in [0.2, 0.25) is 0 Å². The predicted molar refractivity (Wildman–Crippen MR) is 133 cm³/mol. The second-order valence-corrected chi connectivity index (χ2v) is 10.1. The second kappa shape index (κ2) is 11.4. The lowest BCUT2D eigenvalue weighted by atomic mass is 10.2. The maximum Gasteiger partial charge on any atom is 0.240 e. The SMILES string of the molecule is O=S1(=O)NCCCNc2nc(ncc2C#CCCNSc2cccc(O)c2F)Nc2cccc1c2. The van der Waals surface area contributed by atoms with E-state index in [1.54, 1.807) is 30.5 Å². The van der Waals surface area contributed by atoms with E-state index in [2.05, 4.69) is 41.9 Å². The van der Waals surface area contributed by atoms with Gasteiger partial charge in [0.05, 0.1) is 21.6 Å². The fourth-order valence-corrected chi connectivity index (χ4v) is 4.92. The number of hydrogen-bond acceptors (Lipinski definition) is 9. The molecule has 4 rings (SSSR count). The molecule has 1 aliphatic heterocycles. The second-order valence-electron chi connectivity index (χ2n) is 7.42. The highest BCUT2D eigenvalue weighted by atomic mass is 32.2. The summed E-state index contributed by atoms with van der Waals surface area (Å²) in [5.41, 5.74) is 1.15. The van der Waals surface area contributed by atoms with E-state index in [-0.39, 0.29) is 17.2 Å². The molecule has 0 amide bonds. The number of hydrogen-bond donors (Lipinski definition) is 5. The highest BCUT2D eigenvalue weighted by Crippen LogP contribution is 2.25. The Bertz CT molecular complexity index is 1380. The Labute approximate surface area is 207 Å². The van der Waals surface area contributed by atoms with Gasteiger partial charge in [0.2, 0.25) is 16.0 Å². The van der Waals surface area contributed by atoms with Crippen molar-refractivity contribution in [3.63, 3.8) is 0 Å². The lowest BCUT2D eigenvalue weighted by Gasteiger charge is -2.10. The van der Waals surface area contributed by atoms with Crippen LogP contribution >= 0.6 is 11.9 Å². The van der Waals surface area contributed by atoms with Crippen LogP contribution in [-0.4, -0.2) is 43.1 Å². The van der Waals surface area contributed by atoms with Crippen LogP contribution in [0.15, 0.2) is 58.5 Å². The van der Waals surface area contributed by atoms with Crippen LogP contribution < -0.4 is 20.1 Å². The van der Waals surface area contributed by atoms with Crippen LogP contribution in [0.3, 0.4) is 0 Å². The zero-order valence-corrected chi connectivity index (χ0v) is 20.1. The van der Waals surface area contributed by atoms with Gasteiger partial charge in [-0.05, 0) is 48.7 Å². The maximum atomic E-state index is 13.8. The third kappa shape index (κ3) is 6.61. The van der Waals surface area contributed by atoms with Crippen molar-refractivity contribution in [2.45, 2.75) is 22.6 Å². The minimum atomic E-state index is -3.61. The normalized spacial score (nSPS) is 14.7. The number of rotatable bonds is 4. The summed E-state index contributed by atoms with van der Waals surface area (Å²) in [7, 11) is -3.61. The van der Waals surface area contributed by atoms with Gasteiger partial charge in [-0.1, -0.05) is 24.0 Å². The van der Waals surface area contributed by atoms with Gasteiger partial charge in [-0.2, -0.15) is 4.98 Å². The fourth-order valence-electron chi connectivity index (χ4n) is 3.10. The van der Waals surface area contributed by atoms with E-state index in [1.807, 2.05) is 0 Å². The smallest absolute Gasteiger partial charge is 0.240 e. The molecule has 0 radical (unpaired) electrons. The van der Waals surface area contributed by atoms with Crippen molar-refractivity contribution in [1.82, 2.24) is 19.4 Å². The molecule has 2 heterocycles. The molecule has 5 N–H and O–H groups in total. The van der Waals surface area contributed by atoms with Crippen molar-refractivity contribution in [2.24, 2.45) is 0 Å². The summed E-state index contributed by atoms with van der Waals surface area (Å²) in [4.78, 5) is 9.28. The Kier molecular flexibility index (Phi) is 8.04. The van der Waals surface area contributed by atoms with E-state index in [0.717, 1.165) is 11.9 Å². The number of phenolic OH excluding ortho intramolecular Hbond substituents is 1. The number of sulfonamides is 1. The third-order valence-corrected chi connectivity index (χ3v) is 7.17. The van der Waals surface area contributed by atoms with E-state index >= 15 is 0 Å². The number of benzene rings is 2. The van der Waals surface area contributed by atoms with Gasteiger partial charge >= 0.3 is 0 Å². The van der Waals surface area contributed by atoms with E-state index in [4.69, 9.17) is 0 Å². The number of nitrogens with one attached hydrogen (secondary N) is 4. The Morgan fingerprint density at radius 1 is 1.20 bits per heavy atom. The van der Waals surface area contributed by atoms with Gasteiger partial charge in [0.15, 0.2) is 11.6 Å². The molecule has 35 heavy (non-hydrogen) atoms. The summed E-state index contributed by atoms with van der Waals surface area (Å²) in [5, 5.41) is 15.7. The van der Waals surface area contributed by atoms with Crippen LogP contribution in [0.4, 0.5) is 21.8 Å². The molecule has 1 aliphatic rings. The highest BCUT2D eigenvalue weighted by Gasteiger charge is 2.15. The van der Waals surface area contributed by atoms with Crippen LogP contribution in [0, 0.1) is 17.7 Å². The van der Waals surface area contributed by atoms with Gasteiger partial charge in [0, 0.05) is 31.7 Å². The van der Waals surface area contributed by atoms with Gasteiger partial charge in [0.25, 0.3) is 0 Å². The molecule has 0 saturated heterocycles. The van der Waals surface area contributed by atoms with Crippen LogP contribution in [0.25, 0.3) is 0 Å². The molecule has 0 fully saturated rings. The summed E-state index contributed by atoms with van der Waals surface area (Å²) < 4.78 is 44.4. The Hall–Kier alpha value is -3.37. The minimum absolute atomic E-state index is 0.163. The first-order chi connectivity index (χ1) is 16.9. The first-order valence-electron chi connectivity index (χ1n) is 10.8. The quantitative estimate of drug-likeness (QED) is 0.203. The molecule has 0 aliphatic carbocycles. The molecule has 4 bridgehead atoms. The minimum Gasteiger partial charge on any atom is -0.505 e. The molecule has 0 spiro atoms. The number of nitrogens with zero attached hydrogens (tertiary/aromatic N) is 2.